The molecule has 0 radical (unpaired) electrons. The Kier molecular flexibility index (Phi) is 5.44. The third kappa shape index (κ3) is 4.59. The molecule has 0 aliphatic carbocycles. The second-order valence-corrected chi connectivity index (χ2v) is 5.37. The molecular formula is C22H15NO3. The molecule has 0 saturated heterocycles. The summed E-state index contributed by atoms with van der Waals surface area (Å²) >= 11 is 0. The van der Waals surface area contributed by atoms with E-state index in [-0.39, 0.29) is 0 Å². The van der Waals surface area contributed by atoms with Gasteiger partial charge in [0, 0.05) is 6.08 Å². The molecule has 1 aromatic heterocycles. The van der Waals surface area contributed by atoms with Crippen LogP contribution in [0.25, 0.3) is 17.7 Å². The second kappa shape index (κ2) is 8.32. The van der Waals surface area contributed by atoms with E-state index in [1.165, 1.54) is 12.3 Å². The molecule has 0 amide bonds. The van der Waals surface area contributed by atoms with E-state index in [0.29, 0.717) is 17.1 Å². The van der Waals surface area contributed by atoms with E-state index >= 15 is 0 Å². The Morgan fingerprint density at radius 2 is 1.77 bits per heavy atom. The molecule has 126 valence electrons. The summed E-state index contributed by atoms with van der Waals surface area (Å²) < 4.78 is 10.3. The molecule has 0 fully saturated rings. The number of carbonyl (C=O) groups is 1. The summed E-state index contributed by atoms with van der Waals surface area (Å²) in [5.41, 5.74) is 2.27. The lowest BCUT2D eigenvalue weighted by molar-refractivity contribution is -0.128. The van der Waals surface area contributed by atoms with Gasteiger partial charge in [-0.1, -0.05) is 42.5 Å². The Labute approximate surface area is 151 Å². The van der Waals surface area contributed by atoms with Crippen molar-refractivity contribution in [2.75, 3.05) is 0 Å². The van der Waals surface area contributed by atoms with E-state index in [9.17, 15) is 10.1 Å². The number of esters is 1. The summed E-state index contributed by atoms with van der Waals surface area (Å²) in [7, 11) is 0. The van der Waals surface area contributed by atoms with Crippen molar-refractivity contribution in [3.63, 3.8) is 0 Å². The Hall–Kier alpha value is -3.84. The van der Waals surface area contributed by atoms with Crippen molar-refractivity contribution >= 4 is 23.7 Å². The molecule has 0 aliphatic rings. The molecule has 0 unspecified atom stereocenters. The van der Waals surface area contributed by atoms with E-state index in [2.05, 4.69) is 6.07 Å². The summed E-state index contributed by atoms with van der Waals surface area (Å²) in [5.74, 6) is 0.508. The molecular weight excluding hydrogens is 326 g/mol. The maximum Gasteiger partial charge on any atom is 0.336 e. The third-order valence-electron chi connectivity index (χ3n) is 3.54. The van der Waals surface area contributed by atoms with Gasteiger partial charge in [-0.15, -0.1) is 0 Å². The lowest BCUT2D eigenvalue weighted by atomic mass is 10.0. The van der Waals surface area contributed by atoms with Crippen molar-refractivity contribution in [3.05, 3.63) is 96.0 Å². The minimum absolute atomic E-state index is 0.425. The van der Waals surface area contributed by atoms with Crippen LogP contribution in [0.5, 0.6) is 5.75 Å². The highest BCUT2D eigenvalue weighted by Crippen LogP contribution is 2.19. The quantitative estimate of drug-likeness (QED) is 0.216. The molecule has 3 aromatic rings. The summed E-state index contributed by atoms with van der Waals surface area (Å²) in [6, 6.07) is 22.1. The summed E-state index contributed by atoms with van der Waals surface area (Å²) in [4.78, 5) is 11.8. The first-order valence-electron chi connectivity index (χ1n) is 7.95. The van der Waals surface area contributed by atoms with Gasteiger partial charge in [0.1, 0.15) is 11.5 Å². The molecule has 2 aromatic carbocycles. The molecule has 3 rings (SSSR count). The molecule has 26 heavy (non-hydrogen) atoms. The van der Waals surface area contributed by atoms with Crippen LogP contribution in [0.1, 0.15) is 16.9 Å². The van der Waals surface area contributed by atoms with Gasteiger partial charge in [0.05, 0.1) is 17.9 Å². The number of ether oxygens (including phenoxy) is 1. The normalized spacial score (nSPS) is 11.3. The fraction of sp³-hybridized carbons (Fsp3) is 0. The van der Waals surface area contributed by atoms with Gasteiger partial charge >= 0.3 is 5.97 Å². The van der Waals surface area contributed by atoms with Gasteiger partial charge in [-0.25, -0.2) is 4.79 Å². The van der Waals surface area contributed by atoms with Gasteiger partial charge in [0.2, 0.25) is 0 Å². The molecule has 4 heteroatoms. The van der Waals surface area contributed by atoms with E-state index in [4.69, 9.17) is 9.15 Å². The van der Waals surface area contributed by atoms with Crippen LogP contribution in [-0.2, 0) is 4.79 Å². The van der Waals surface area contributed by atoms with Crippen LogP contribution in [0.4, 0.5) is 0 Å². The highest BCUT2D eigenvalue weighted by Gasteiger charge is 2.03. The highest BCUT2D eigenvalue weighted by molar-refractivity contribution is 5.90. The lowest BCUT2D eigenvalue weighted by Crippen LogP contribution is -2.03. The van der Waals surface area contributed by atoms with Crippen molar-refractivity contribution in [1.29, 1.82) is 5.26 Å². The fourth-order valence-electron chi connectivity index (χ4n) is 2.28. The van der Waals surface area contributed by atoms with Gasteiger partial charge in [0.15, 0.2) is 0 Å². The predicted molar refractivity (Wildman–Crippen MR) is 99.7 cm³/mol. The highest BCUT2D eigenvalue weighted by atomic mass is 16.5. The number of nitriles is 1. The maximum absolute atomic E-state index is 11.8. The maximum atomic E-state index is 11.8. The van der Waals surface area contributed by atoms with Crippen LogP contribution in [0.2, 0.25) is 0 Å². The number of rotatable bonds is 5. The molecule has 0 spiro atoms. The zero-order valence-electron chi connectivity index (χ0n) is 13.8. The average molecular weight is 341 g/mol. The Morgan fingerprint density at radius 1 is 1.00 bits per heavy atom. The van der Waals surface area contributed by atoms with E-state index in [1.54, 1.807) is 48.6 Å². The SMILES string of the molecule is N#C/C(=C\c1ccc(OC(=O)/C=C/c2ccco2)cc1)c1ccccc1. The summed E-state index contributed by atoms with van der Waals surface area (Å²) in [6.07, 6.45) is 6.16. The van der Waals surface area contributed by atoms with Gasteiger partial charge in [-0.3, -0.25) is 0 Å². The van der Waals surface area contributed by atoms with Crippen molar-refractivity contribution in [1.82, 2.24) is 0 Å². The standard InChI is InChI=1S/C22H15NO3/c23-16-19(18-5-2-1-3-6-18)15-17-8-10-21(11-9-17)26-22(24)13-12-20-7-4-14-25-20/h1-15H/b13-12+,19-15+. The molecule has 0 saturated carbocycles. The van der Waals surface area contributed by atoms with Crippen LogP contribution in [0.15, 0.2) is 83.5 Å². The first-order chi connectivity index (χ1) is 12.7. The number of allylic oxidation sites excluding steroid dienone is 1. The van der Waals surface area contributed by atoms with Gasteiger partial charge in [-0.2, -0.15) is 5.26 Å². The van der Waals surface area contributed by atoms with Crippen LogP contribution in [0, 0.1) is 11.3 Å². The molecule has 0 aliphatic heterocycles. The Bertz CT molecular complexity index is 960. The van der Waals surface area contributed by atoms with Crippen LogP contribution >= 0.6 is 0 Å². The van der Waals surface area contributed by atoms with Crippen LogP contribution in [0.3, 0.4) is 0 Å². The fourth-order valence-corrected chi connectivity index (χ4v) is 2.28. The summed E-state index contributed by atoms with van der Waals surface area (Å²) in [5, 5.41) is 9.35. The van der Waals surface area contributed by atoms with Crippen molar-refractivity contribution in [3.8, 4) is 11.8 Å². The largest absolute Gasteiger partial charge is 0.465 e. The smallest absolute Gasteiger partial charge is 0.336 e. The zero-order valence-corrected chi connectivity index (χ0v) is 13.8. The monoisotopic (exact) mass is 341 g/mol. The van der Waals surface area contributed by atoms with Gasteiger partial charge < -0.3 is 9.15 Å². The van der Waals surface area contributed by atoms with Crippen LogP contribution < -0.4 is 4.74 Å². The number of nitrogens with zero attached hydrogens (tertiary/aromatic N) is 1. The van der Waals surface area contributed by atoms with Crippen LogP contribution in [-0.4, -0.2) is 5.97 Å². The van der Waals surface area contributed by atoms with Gasteiger partial charge in [0.25, 0.3) is 0 Å². The molecule has 1 heterocycles. The number of furan rings is 1. The Morgan fingerprint density at radius 3 is 2.42 bits per heavy atom. The predicted octanol–water partition coefficient (Wildman–Crippen LogP) is 4.96. The number of carbonyl (C=O) groups excluding carboxylic acids is 1. The Balaban J connectivity index is 1.67. The topological polar surface area (TPSA) is 63.2 Å². The average Bonchev–Trinajstić information content (AvgIpc) is 3.20. The number of hydrogen-bond acceptors (Lipinski definition) is 4. The molecule has 4 nitrogen and oxygen atoms in total. The third-order valence-corrected chi connectivity index (χ3v) is 3.54. The van der Waals surface area contributed by atoms with Crippen molar-refractivity contribution < 1.29 is 13.9 Å². The lowest BCUT2D eigenvalue weighted by Gasteiger charge is -2.03. The van der Waals surface area contributed by atoms with E-state index in [1.807, 2.05) is 30.3 Å². The molecule has 0 N–H and O–H groups in total. The number of benzene rings is 2. The van der Waals surface area contributed by atoms with E-state index < -0.39 is 5.97 Å². The molecule has 0 atom stereocenters. The zero-order chi connectivity index (χ0) is 18.2. The number of hydrogen-bond donors (Lipinski definition) is 0. The minimum atomic E-state index is -0.494. The first kappa shape index (κ1) is 17.0. The van der Waals surface area contributed by atoms with E-state index in [0.717, 1.165) is 11.1 Å². The van der Waals surface area contributed by atoms with Crippen molar-refractivity contribution in [2.45, 2.75) is 0 Å². The van der Waals surface area contributed by atoms with Gasteiger partial charge in [-0.05, 0) is 47.5 Å². The minimum Gasteiger partial charge on any atom is -0.465 e. The molecule has 0 bridgehead atoms. The van der Waals surface area contributed by atoms with Crippen molar-refractivity contribution in [2.24, 2.45) is 0 Å². The second-order valence-electron chi connectivity index (χ2n) is 5.37. The first-order valence-corrected chi connectivity index (χ1v) is 7.95. The summed E-state index contributed by atoms with van der Waals surface area (Å²) in [6.45, 7) is 0.